The summed E-state index contributed by atoms with van der Waals surface area (Å²) in [6.45, 7) is 3.73. The number of carboxylic acids is 1. The highest BCUT2D eigenvalue weighted by atomic mass is 19.1. The molecule has 17 heavy (non-hydrogen) atoms. The second-order valence-electron chi connectivity index (χ2n) is 5.12. The number of hydrogen-bond acceptors (Lipinski definition) is 2. The SMILES string of the molecule is COc1ccc(F)cc1C1(C(=O)O)CC1(C)C. The van der Waals surface area contributed by atoms with E-state index in [0.717, 1.165) is 0 Å². The monoisotopic (exact) mass is 238 g/mol. The van der Waals surface area contributed by atoms with E-state index in [4.69, 9.17) is 4.74 Å². The number of hydrogen-bond donors (Lipinski definition) is 1. The number of halogens is 1. The summed E-state index contributed by atoms with van der Waals surface area (Å²) in [5.74, 6) is -0.935. The molecule has 1 aliphatic carbocycles. The maximum absolute atomic E-state index is 13.3. The average molecular weight is 238 g/mol. The number of carboxylic acid groups (broad SMARTS) is 1. The zero-order valence-electron chi connectivity index (χ0n) is 10.1. The summed E-state index contributed by atoms with van der Waals surface area (Å²) in [5, 5.41) is 9.43. The van der Waals surface area contributed by atoms with Crippen LogP contribution in [0.3, 0.4) is 0 Å². The van der Waals surface area contributed by atoms with Crippen LogP contribution in [0.25, 0.3) is 0 Å². The van der Waals surface area contributed by atoms with Crippen LogP contribution in [0.1, 0.15) is 25.8 Å². The highest BCUT2D eigenvalue weighted by Gasteiger charge is 2.68. The van der Waals surface area contributed by atoms with E-state index in [9.17, 15) is 14.3 Å². The Balaban J connectivity index is 2.60. The van der Waals surface area contributed by atoms with Crippen LogP contribution in [-0.2, 0) is 10.2 Å². The first-order chi connectivity index (χ1) is 7.85. The predicted molar refractivity (Wildman–Crippen MR) is 60.7 cm³/mol. The van der Waals surface area contributed by atoms with Gasteiger partial charge in [-0.25, -0.2) is 4.39 Å². The van der Waals surface area contributed by atoms with Crippen LogP contribution in [0, 0.1) is 11.2 Å². The molecule has 1 atom stereocenters. The molecular formula is C13H15FO3. The zero-order valence-corrected chi connectivity index (χ0v) is 10.1. The Morgan fingerprint density at radius 1 is 1.47 bits per heavy atom. The van der Waals surface area contributed by atoms with Crippen LogP contribution in [-0.4, -0.2) is 18.2 Å². The number of benzene rings is 1. The predicted octanol–water partition coefficient (Wildman–Crippen LogP) is 2.59. The van der Waals surface area contributed by atoms with Crippen LogP contribution in [0.5, 0.6) is 5.75 Å². The molecule has 0 aliphatic heterocycles. The summed E-state index contributed by atoms with van der Waals surface area (Å²) in [4.78, 5) is 11.5. The Labute approximate surface area is 99.2 Å². The topological polar surface area (TPSA) is 46.5 Å². The number of aliphatic carboxylic acids is 1. The van der Waals surface area contributed by atoms with Crippen molar-refractivity contribution in [2.24, 2.45) is 5.41 Å². The van der Waals surface area contributed by atoms with Gasteiger partial charge in [0.1, 0.15) is 17.0 Å². The summed E-state index contributed by atoms with van der Waals surface area (Å²) in [6.07, 6.45) is 0.495. The lowest BCUT2D eigenvalue weighted by Crippen LogP contribution is -2.26. The Hall–Kier alpha value is -1.58. The Morgan fingerprint density at radius 3 is 2.47 bits per heavy atom. The molecule has 0 radical (unpaired) electrons. The number of rotatable bonds is 3. The Kier molecular flexibility index (Phi) is 2.42. The lowest BCUT2D eigenvalue weighted by Gasteiger charge is -2.19. The van der Waals surface area contributed by atoms with Crippen LogP contribution in [0.4, 0.5) is 4.39 Å². The molecule has 0 bridgehead atoms. The normalized spacial score (nSPS) is 25.4. The largest absolute Gasteiger partial charge is 0.496 e. The highest BCUT2D eigenvalue weighted by molar-refractivity contribution is 5.88. The van der Waals surface area contributed by atoms with Crippen molar-refractivity contribution in [1.29, 1.82) is 0 Å². The van der Waals surface area contributed by atoms with Gasteiger partial charge in [-0.3, -0.25) is 4.79 Å². The molecular weight excluding hydrogens is 223 g/mol. The summed E-state index contributed by atoms with van der Waals surface area (Å²) < 4.78 is 18.4. The molecule has 1 aliphatic rings. The van der Waals surface area contributed by atoms with Crippen molar-refractivity contribution in [3.63, 3.8) is 0 Å². The van der Waals surface area contributed by atoms with Gasteiger partial charge in [-0.15, -0.1) is 0 Å². The molecule has 0 amide bonds. The molecule has 1 N–H and O–H groups in total. The molecule has 4 heteroatoms. The fourth-order valence-electron chi connectivity index (χ4n) is 2.57. The van der Waals surface area contributed by atoms with E-state index >= 15 is 0 Å². The first-order valence-electron chi connectivity index (χ1n) is 5.42. The van der Waals surface area contributed by atoms with Crippen molar-refractivity contribution in [3.8, 4) is 5.75 Å². The zero-order chi connectivity index (χ0) is 12.8. The van der Waals surface area contributed by atoms with E-state index in [1.807, 2.05) is 13.8 Å². The number of methoxy groups -OCH3 is 1. The van der Waals surface area contributed by atoms with Gasteiger partial charge in [0.15, 0.2) is 0 Å². The maximum atomic E-state index is 13.3. The maximum Gasteiger partial charge on any atom is 0.314 e. The molecule has 1 fully saturated rings. The fourth-order valence-corrected chi connectivity index (χ4v) is 2.57. The van der Waals surface area contributed by atoms with Crippen LogP contribution in [0.15, 0.2) is 18.2 Å². The third-order valence-electron chi connectivity index (χ3n) is 3.72. The standard InChI is InChI=1S/C13H15FO3/c1-12(2)7-13(12,11(15)16)9-6-8(14)4-5-10(9)17-3/h4-6H,7H2,1-3H3,(H,15,16). The van der Waals surface area contributed by atoms with Gasteiger partial charge in [0.2, 0.25) is 0 Å². The smallest absolute Gasteiger partial charge is 0.314 e. The molecule has 0 heterocycles. The van der Waals surface area contributed by atoms with Gasteiger partial charge < -0.3 is 9.84 Å². The number of ether oxygens (including phenoxy) is 1. The second-order valence-corrected chi connectivity index (χ2v) is 5.12. The lowest BCUT2D eigenvalue weighted by atomic mass is 9.87. The van der Waals surface area contributed by atoms with Crippen molar-refractivity contribution in [3.05, 3.63) is 29.6 Å². The third-order valence-corrected chi connectivity index (χ3v) is 3.72. The molecule has 1 unspecified atom stereocenters. The minimum absolute atomic E-state index is 0.375. The number of carbonyl (C=O) groups is 1. The molecule has 1 saturated carbocycles. The van der Waals surface area contributed by atoms with Crippen molar-refractivity contribution < 1.29 is 19.0 Å². The van der Waals surface area contributed by atoms with Crippen LogP contribution in [0.2, 0.25) is 0 Å². The quantitative estimate of drug-likeness (QED) is 0.880. The molecule has 2 rings (SSSR count). The molecule has 0 aromatic heterocycles. The van der Waals surface area contributed by atoms with Gasteiger partial charge >= 0.3 is 5.97 Å². The first kappa shape index (κ1) is 11.9. The van der Waals surface area contributed by atoms with Crippen LogP contribution < -0.4 is 4.74 Å². The first-order valence-corrected chi connectivity index (χ1v) is 5.42. The van der Waals surface area contributed by atoms with E-state index in [-0.39, 0.29) is 5.41 Å². The molecule has 92 valence electrons. The molecule has 0 saturated heterocycles. The van der Waals surface area contributed by atoms with Crippen molar-refractivity contribution in [1.82, 2.24) is 0 Å². The van der Waals surface area contributed by atoms with Gasteiger partial charge in [-0.05, 0) is 30.0 Å². The fraction of sp³-hybridized carbons (Fsp3) is 0.462. The summed E-state index contributed by atoms with van der Waals surface area (Å²) in [6, 6.07) is 4.01. The van der Waals surface area contributed by atoms with Gasteiger partial charge in [-0.2, -0.15) is 0 Å². The summed E-state index contributed by atoms with van der Waals surface area (Å²) >= 11 is 0. The minimum atomic E-state index is -1.03. The average Bonchev–Trinajstić information content (AvgIpc) is 2.83. The van der Waals surface area contributed by atoms with Crippen molar-refractivity contribution >= 4 is 5.97 Å². The minimum Gasteiger partial charge on any atom is -0.496 e. The van der Waals surface area contributed by atoms with E-state index < -0.39 is 17.2 Å². The Bertz CT molecular complexity index is 482. The van der Waals surface area contributed by atoms with Gasteiger partial charge in [0.25, 0.3) is 0 Å². The molecule has 1 aromatic rings. The molecule has 3 nitrogen and oxygen atoms in total. The van der Waals surface area contributed by atoms with E-state index in [0.29, 0.717) is 17.7 Å². The summed E-state index contributed by atoms with van der Waals surface area (Å²) in [5.41, 5.74) is -0.974. The van der Waals surface area contributed by atoms with E-state index in [2.05, 4.69) is 0 Å². The van der Waals surface area contributed by atoms with Gasteiger partial charge in [0.05, 0.1) is 7.11 Å². The van der Waals surface area contributed by atoms with Crippen molar-refractivity contribution in [2.75, 3.05) is 7.11 Å². The third kappa shape index (κ3) is 1.51. The van der Waals surface area contributed by atoms with E-state index in [1.165, 1.54) is 25.3 Å². The summed E-state index contributed by atoms with van der Waals surface area (Å²) in [7, 11) is 1.46. The highest BCUT2D eigenvalue weighted by Crippen LogP contribution is 2.65. The van der Waals surface area contributed by atoms with Gasteiger partial charge in [0, 0.05) is 5.56 Å². The Morgan fingerprint density at radius 2 is 2.06 bits per heavy atom. The van der Waals surface area contributed by atoms with Crippen molar-refractivity contribution in [2.45, 2.75) is 25.7 Å². The van der Waals surface area contributed by atoms with Crippen LogP contribution >= 0.6 is 0 Å². The molecule has 0 spiro atoms. The van der Waals surface area contributed by atoms with Gasteiger partial charge in [-0.1, -0.05) is 13.8 Å². The van der Waals surface area contributed by atoms with E-state index in [1.54, 1.807) is 0 Å². The molecule has 1 aromatic carbocycles. The second kappa shape index (κ2) is 3.45. The lowest BCUT2D eigenvalue weighted by molar-refractivity contribution is -0.141.